The number of hydrogen-bond donors (Lipinski definition) is 1. The minimum Gasteiger partial charge on any atom is -0.459 e. The number of ether oxygens (including phenoxy) is 1. The molecule has 0 fully saturated rings. The highest BCUT2D eigenvalue weighted by Crippen LogP contribution is 2.05. The summed E-state index contributed by atoms with van der Waals surface area (Å²) in [5.74, 6) is -0.487. The number of hydrogen-bond acceptors (Lipinski definition) is 6. The largest absolute Gasteiger partial charge is 0.459 e. The summed E-state index contributed by atoms with van der Waals surface area (Å²) in [6, 6.07) is -0.355. The maximum atomic E-state index is 11.0. The fraction of sp³-hybridized carbons (Fsp3) is 0.571. The molecule has 72 valence electrons. The van der Waals surface area contributed by atoms with E-state index in [4.69, 9.17) is 5.73 Å². The third-order valence-corrected chi connectivity index (χ3v) is 1.30. The number of nitrogens with two attached hydrogens (primary N) is 1. The van der Waals surface area contributed by atoms with Crippen LogP contribution in [-0.2, 0) is 4.74 Å². The van der Waals surface area contributed by atoms with Gasteiger partial charge in [0.2, 0.25) is 0 Å². The molecule has 6 nitrogen and oxygen atoms in total. The molecular formula is C7H11N3O3. The van der Waals surface area contributed by atoms with Crippen molar-refractivity contribution in [1.82, 2.24) is 10.1 Å². The van der Waals surface area contributed by atoms with Crippen molar-refractivity contribution in [3.63, 3.8) is 0 Å². The van der Waals surface area contributed by atoms with Crippen molar-refractivity contribution in [1.29, 1.82) is 0 Å². The number of carbonyl (C=O) groups excluding carboxylic acids is 1. The van der Waals surface area contributed by atoms with Crippen molar-refractivity contribution in [2.24, 2.45) is 5.73 Å². The highest BCUT2D eigenvalue weighted by Gasteiger charge is 2.17. The van der Waals surface area contributed by atoms with Gasteiger partial charge in [0, 0.05) is 0 Å². The summed E-state index contributed by atoms with van der Waals surface area (Å²) < 4.78 is 9.27. The van der Waals surface area contributed by atoms with Gasteiger partial charge in [0.25, 0.3) is 0 Å². The van der Waals surface area contributed by atoms with Gasteiger partial charge in [0.15, 0.2) is 5.82 Å². The summed E-state index contributed by atoms with van der Waals surface area (Å²) in [6.45, 7) is 3.66. The lowest BCUT2D eigenvalue weighted by Gasteiger charge is -1.94. The number of esters is 1. The Kier molecular flexibility index (Phi) is 2.97. The molecule has 0 amide bonds. The molecule has 1 aromatic rings. The van der Waals surface area contributed by atoms with E-state index in [0.29, 0.717) is 5.82 Å². The smallest absolute Gasteiger partial charge is 0.397 e. The molecular weight excluding hydrogens is 174 g/mol. The molecule has 0 saturated heterocycles. The standard InChI is InChI=1S/C7H11N3O3/c1-3-12-7(11)6-9-5(4(2)8)10-13-6/h4H,3,8H2,1-2H3. The van der Waals surface area contributed by atoms with Crippen molar-refractivity contribution in [3.8, 4) is 0 Å². The van der Waals surface area contributed by atoms with E-state index >= 15 is 0 Å². The molecule has 1 rings (SSSR count). The van der Waals surface area contributed by atoms with Gasteiger partial charge >= 0.3 is 11.9 Å². The van der Waals surface area contributed by atoms with Gasteiger partial charge in [-0.3, -0.25) is 0 Å². The molecule has 2 N–H and O–H groups in total. The van der Waals surface area contributed by atoms with Gasteiger partial charge in [-0.2, -0.15) is 4.98 Å². The molecule has 1 aromatic heterocycles. The molecule has 0 radical (unpaired) electrons. The van der Waals surface area contributed by atoms with Crippen molar-refractivity contribution < 1.29 is 14.1 Å². The van der Waals surface area contributed by atoms with Crippen LogP contribution in [0.25, 0.3) is 0 Å². The Labute approximate surface area is 75.1 Å². The molecule has 0 saturated carbocycles. The van der Waals surface area contributed by atoms with E-state index in [1.807, 2.05) is 0 Å². The lowest BCUT2D eigenvalue weighted by Crippen LogP contribution is -2.08. The Morgan fingerprint density at radius 1 is 1.77 bits per heavy atom. The minimum absolute atomic E-state index is 0.158. The van der Waals surface area contributed by atoms with Gasteiger partial charge in [-0.25, -0.2) is 4.79 Å². The van der Waals surface area contributed by atoms with Gasteiger partial charge in [0.1, 0.15) is 0 Å². The number of aromatic nitrogens is 2. The fourth-order valence-electron chi connectivity index (χ4n) is 0.696. The monoisotopic (exact) mass is 185 g/mol. The van der Waals surface area contributed by atoms with Crippen molar-refractivity contribution in [2.45, 2.75) is 19.9 Å². The summed E-state index contributed by atoms with van der Waals surface area (Å²) >= 11 is 0. The predicted molar refractivity (Wildman–Crippen MR) is 42.9 cm³/mol. The predicted octanol–water partition coefficient (Wildman–Crippen LogP) is 0.266. The van der Waals surface area contributed by atoms with E-state index < -0.39 is 5.97 Å². The first-order valence-corrected chi connectivity index (χ1v) is 3.91. The molecule has 0 aliphatic carbocycles. The highest BCUT2D eigenvalue weighted by atomic mass is 16.6. The maximum absolute atomic E-state index is 11.0. The van der Waals surface area contributed by atoms with E-state index in [2.05, 4.69) is 19.4 Å². The molecule has 0 aliphatic rings. The Morgan fingerprint density at radius 2 is 2.46 bits per heavy atom. The average molecular weight is 185 g/mol. The Morgan fingerprint density at radius 3 is 2.92 bits per heavy atom. The summed E-state index contributed by atoms with van der Waals surface area (Å²) in [6.07, 6.45) is 0. The van der Waals surface area contributed by atoms with Crippen LogP contribution in [0.2, 0.25) is 0 Å². The third-order valence-electron chi connectivity index (χ3n) is 1.30. The number of nitrogens with zero attached hydrogens (tertiary/aromatic N) is 2. The topological polar surface area (TPSA) is 91.2 Å². The van der Waals surface area contributed by atoms with Gasteiger partial charge < -0.3 is 15.0 Å². The Bertz CT molecular complexity index is 295. The fourth-order valence-corrected chi connectivity index (χ4v) is 0.696. The Balaban J connectivity index is 2.73. The van der Waals surface area contributed by atoms with Crippen LogP contribution in [0.1, 0.15) is 36.4 Å². The molecule has 1 unspecified atom stereocenters. The third kappa shape index (κ3) is 2.25. The molecule has 1 heterocycles. The lowest BCUT2D eigenvalue weighted by atomic mass is 10.3. The van der Waals surface area contributed by atoms with Crippen LogP contribution >= 0.6 is 0 Å². The molecule has 6 heteroatoms. The number of carbonyl (C=O) groups is 1. The number of rotatable bonds is 3. The van der Waals surface area contributed by atoms with E-state index in [1.165, 1.54) is 0 Å². The van der Waals surface area contributed by atoms with Gasteiger partial charge in [-0.15, -0.1) is 0 Å². The second kappa shape index (κ2) is 3.99. The molecule has 0 aromatic carbocycles. The van der Waals surface area contributed by atoms with Gasteiger partial charge in [-0.05, 0) is 13.8 Å². The van der Waals surface area contributed by atoms with Crippen LogP contribution in [0.4, 0.5) is 0 Å². The molecule has 0 aliphatic heterocycles. The van der Waals surface area contributed by atoms with E-state index in [0.717, 1.165) is 0 Å². The van der Waals surface area contributed by atoms with Crippen molar-refractivity contribution in [2.75, 3.05) is 6.61 Å². The summed E-state index contributed by atoms with van der Waals surface area (Å²) in [5.41, 5.74) is 5.46. The first kappa shape index (κ1) is 9.66. The zero-order chi connectivity index (χ0) is 9.84. The second-order valence-electron chi connectivity index (χ2n) is 2.47. The van der Waals surface area contributed by atoms with Crippen LogP contribution in [0, 0.1) is 0 Å². The second-order valence-corrected chi connectivity index (χ2v) is 2.47. The molecule has 13 heavy (non-hydrogen) atoms. The zero-order valence-corrected chi connectivity index (χ0v) is 7.48. The maximum Gasteiger partial charge on any atom is 0.397 e. The van der Waals surface area contributed by atoms with Crippen LogP contribution < -0.4 is 5.73 Å². The van der Waals surface area contributed by atoms with E-state index in [1.54, 1.807) is 13.8 Å². The van der Waals surface area contributed by atoms with Crippen LogP contribution in [0.5, 0.6) is 0 Å². The summed E-state index contributed by atoms with van der Waals surface area (Å²) in [4.78, 5) is 14.8. The van der Waals surface area contributed by atoms with Crippen molar-refractivity contribution >= 4 is 5.97 Å². The quantitative estimate of drug-likeness (QED) is 0.679. The van der Waals surface area contributed by atoms with Crippen LogP contribution in [0.3, 0.4) is 0 Å². The van der Waals surface area contributed by atoms with Gasteiger partial charge in [-0.1, -0.05) is 5.16 Å². The van der Waals surface area contributed by atoms with Crippen molar-refractivity contribution in [3.05, 3.63) is 11.7 Å². The molecule has 0 bridgehead atoms. The Hall–Kier alpha value is -1.43. The van der Waals surface area contributed by atoms with Gasteiger partial charge in [0.05, 0.1) is 12.6 Å². The normalized spacial score (nSPS) is 12.5. The summed E-state index contributed by atoms with van der Waals surface area (Å²) in [5, 5.41) is 3.51. The minimum atomic E-state index is -0.623. The van der Waals surface area contributed by atoms with E-state index in [-0.39, 0.29) is 18.5 Å². The first-order chi connectivity index (χ1) is 6.15. The van der Waals surface area contributed by atoms with Crippen LogP contribution in [-0.4, -0.2) is 22.7 Å². The lowest BCUT2D eigenvalue weighted by molar-refractivity contribution is 0.0470. The van der Waals surface area contributed by atoms with E-state index in [9.17, 15) is 4.79 Å². The SMILES string of the molecule is CCOC(=O)c1nc(C(C)N)no1. The van der Waals surface area contributed by atoms with Crippen LogP contribution in [0.15, 0.2) is 4.52 Å². The zero-order valence-electron chi connectivity index (χ0n) is 7.48. The molecule has 0 spiro atoms. The highest BCUT2D eigenvalue weighted by molar-refractivity contribution is 5.83. The summed E-state index contributed by atoms with van der Waals surface area (Å²) in [7, 11) is 0. The average Bonchev–Trinajstić information content (AvgIpc) is 2.52. The first-order valence-electron chi connectivity index (χ1n) is 3.91. The molecule has 1 atom stereocenters.